The standard InChI is InChI=1S/C16H15N3OS/c1-10-9-19(12-6-4-3-5-7-12)11(2)13(10)8-14-15(20)18-16(21)17-14/h3-9H,1-2H3,(H2,17,18,20,21). The summed E-state index contributed by atoms with van der Waals surface area (Å²) in [6, 6.07) is 10.1. The molecule has 0 unspecified atom stereocenters. The molecule has 5 heteroatoms. The Balaban J connectivity index is 2.06. The van der Waals surface area contributed by atoms with E-state index in [2.05, 4.69) is 33.5 Å². The highest BCUT2D eigenvalue weighted by atomic mass is 32.1. The number of para-hydroxylation sites is 1. The van der Waals surface area contributed by atoms with Gasteiger partial charge in [-0.25, -0.2) is 0 Å². The number of nitrogens with zero attached hydrogens (tertiary/aromatic N) is 1. The van der Waals surface area contributed by atoms with Crippen LogP contribution in [-0.4, -0.2) is 15.6 Å². The Morgan fingerprint density at radius 3 is 2.48 bits per heavy atom. The lowest BCUT2D eigenvalue weighted by molar-refractivity contribution is -0.115. The second-order valence-electron chi connectivity index (χ2n) is 4.98. The minimum Gasteiger partial charge on any atom is -0.328 e. The quantitative estimate of drug-likeness (QED) is 0.661. The third kappa shape index (κ3) is 2.48. The van der Waals surface area contributed by atoms with Crippen LogP contribution in [0.1, 0.15) is 16.8 Å². The van der Waals surface area contributed by atoms with Crippen molar-refractivity contribution in [3.8, 4) is 5.69 Å². The van der Waals surface area contributed by atoms with Gasteiger partial charge in [-0.1, -0.05) is 18.2 Å². The SMILES string of the molecule is Cc1cn(-c2ccccc2)c(C)c1C=C1NC(=S)NC1=O. The minimum absolute atomic E-state index is 0.189. The van der Waals surface area contributed by atoms with Crippen LogP contribution in [0, 0.1) is 13.8 Å². The van der Waals surface area contributed by atoms with Crippen LogP contribution in [0.5, 0.6) is 0 Å². The zero-order valence-corrected chi connectivity index (χ0v) is 12.6. The van der Waals surface area contributed by atoms with E-state index < -0.39 is 0 Å². The van der Waals surface area contributed by atoms with E-state index in [9.17, 15) is 4.79 Å². The first kappa shape index (κ1) is 13.6. The maximum atomic E-state index is 11.8. The predicted octanol–water partition coefficient (Wildman–Crippen LogP) is 2.44. The van der Waals surface area contributed by atoms with Crippen LogP contribution in [0.3, 0.4) is 0 Å². The van der Waals surface area contributed by atoms with E-state index >= 15 is 0 Å². The Morgan fingerprint density at radius 1 is 1.14 bits per heavy atom. The summed E-state index contributed by atoms with van der Waals surface area (Å²) in [5, 5.41) is 5.80. The maximum absolute atomic E-state index is 11.8. The molecule has 1 aliphatic heterocycles. The molecule has 3 rings (SSSR count). The van der Waals surface area contributed by atoms with Crippen molar-refractivity contribution in [2.45, 2.75) is 13.8 Å². The average Bonchev–Trinajstić information content (AvgIpc) is 2.93. The van der Waals surface area contributed by atoms with Gasteiger partial charge in [0.05, 0.1) is 0 Å². The Kier molecular flexibility index (Phi) is 3.35. The van der Waals surface area contributed by atoms with Crippen molar-refractivity contribution in [3.63, 3.8) is 0 Å². The molecule has 0 aliphatic carbocycles. The summed E-state index contributed by atoms with van der Waals surface area (Å²) >= 11 is 4.95. The molecule has 4 nitrogen and oxygen atoms in total. The van der Waals surface area contributed by atoms with Crippen molar-refractivity contribution in [1.82, 2.24) is 15.2 Å². The van der Waals surface area contributed by atoms with Crippen LogP contribution >= 0.6 is 12.2 Å². The van der Waals surface area contributed by atoms with Crippen LogP contribution in [0.15, 0.2) is 42.2 Å². The molecule has 0 saturated carbocycles. The van der Waals surface area contributed by atoms with Gasteiger partial charge in [-0.3, -0.25) is 10.1 Å². The number of rotatable bonds is 2. The third-order valence-electron chi connectivity index (χ3n) is 3.54. The summed E-state index contributed by atoms with van der Waals surface area (Å²) in [4.78, 5) is 11.8. The molecule has 106 valence electrons. The van der Waals surface area contributed by atoms with Crippen molar-refractivity contribution >= 4 is 29.3 Å². The predicted molar refractivity (Wildman–Crippen MR) is 87.1 cm³/mol. The third-order valence-corrected chi connectivity index (χ3v) is 3.75. The minimum atomic E-state index is -0.189. The van der Waals surface area contributed by atoms with Gasteiger partial charge in [-0.15, -0.1) is 0 Å². The molecule has 1 fully saturated rings. The molecule has 1 amide bonds. The number of aromatic nitrogens is 1. The molecule has 1 saturated heterocycles. The summed E-state index contributed by atoms with van der Waals surface area (Å²) in [6.45, 7) is 4.07. The molecule has 0 spiro atoms. The normalized spacial score (nSPS) is 16.2. The molecule has 2 aromatic rings. The first-order chi connectivity index (χ1) is 10.1. The van der Waals surface area contributed by atoms with Gasteiger partial charge in [-0.05, 0) is 49.8 Å². The fourth-order valence-corrected chi connectivity index (χ4v) is 2.68. The summed E-state index contributed by atoms with van der Waals surface area (Å²) in [5.41, 5.74) is 4.80. The van der Waals surface area contributed by atoms with Gasteiger partial charge in [0.25, 0.3) is 5.91 Å². The number of carbonyl (C=O) groups is 1. The summed E-state index contributed by atoms with van der Waals surface area (Å²) in [6.07, 6.45) is 3.92. The Labute approximate surface area is 128 Å². The number of carbonyl (C=O) groups excluding carboxylic acids is 1. The van der Waals surface area contributed by atoms with Gasteiger partial charge >= 0.3 is 0 Å². The van der Waals surface area contributed by atoms with Crippen LogP contribution < -0.4 is 10.6 Å². The number of amides is 1. The van der Waals surface area contributed by atoms with Gasteiger partial charge in [0, 0.05) is 23.1 Å². The fourth-order valence-electron chi connectivity index (χ4n) is 2.48. The summed E-state index contributed by atoms with van der Waals surface area (Å²) in [5.74, 6) is -0.189. The van der Waals surface area contributed by atoms with E-state index in [1.54, 1.807) is 0 Å². The van der Waals surface area contributed by atoms with E-state index in [0.717, 1.165) is 22.5 Å². The van der Waals surface area contributed by atoms with Crippen molar-refractivity contribution in [2.24, 2.45) is 0 Å². The van der Waals surface area contributed by atoms with Crippen molar-refractivity contribution in [3.05, 3.63) is 59.0 Å². The molecular weight excluding hydrogens is 282 g/mol. The van der Waals surface area contributed by atoms with Gasteiger partial charge in [0.2, 0.25) is 0 Å². The van der Waals surface area contributed by atoms with E-state index in [1.165, 1.54) is 0 Å². The Morgan fingerprint density at radius 2 is 1.86 bits per heavy atom. The van der Waals surface area contributed by atoms with Gasteiger partial charge < -0.3 is 9.88 Å². The molecule has 1 aromatic heterocycles. The maximum Gasteiger partial charge on any atom is 0.273 e. The van der Waals surface area contributed by atoms with E-state index in [4.69, 9.17) is 12.2 Å². The molecule has 0 radical (unpaired) electrons. The number of hydrogen-bond donors (Lipinski definition) is 2. The van der Waals surface area contributed by atoms with Crippen LogP contribution in [-0.2, 0) is 4.79 Å². The van der Waals surface area contributed by atoms with E-state index in [-0.39, 0.29) is 5.91 Å². The Hall–Kier alpha value is -2.40. The monoisotopic (exact) mass is 297 g/mol. The summed E-state index contributed by atoms with van der Waals surface area (Å²) in [7, 11) is 0. The highest BCUT2D eigenvalue weighted by molar-refractivity contribution is 7.80. The molecule has 1 aromatic carbocycles. The molecular formula is C16H15N3OS. The highest BCUT2D eigenvalue weighted by Gasteiger charge is 2.21. The van der Waals surface area contributed by atoms with Gasteiger partial charge in [0.1, 0.15) is 5.70 Å². The number of nitrogens with one attached hydrogen (secondary N) is 2. The number of hydrogen-bond acceptors (Lipinski definition) is 2. The molecule has 21 heavy (non-hydrogen) atoms. The largest absolute Gasteiger partial charge is 0.328 e. The summed E-state index contributed by atoms with van der Waals surface area (Å²) < 4.78 is 2.12. The fraction of sp³-hybridized carbons (Fsp3) is 0.125. The number of aryl methyl sites for hydroxylation is 1. The van der Waals surface area contributed by atoms with E-state index in [0.29, 0.717) is 10.8 Å². The molecule has 2 heterocycles. The smallest absolute Gasteiger partial charge is 0.273 e. The van der Waals surface area contributed by atoms with Crippen LogP contribution in [0.2, 0.25) is 0 Å². The van der Waals surface area contributed by atoms with Crippen LogP contribution in [0.25, 0.3) is 11.8 Å². The lowest BCUT2D eigenvalue weighted by Gasteiger charge is -2.06. The van der Waals surface area contributed by atoms with Crippen molar-refractivity contribution in [2.75, 3.05) is 0 Å². The zero-order valence-electron chi connectivity index (χ0n) is 11.8. The van der Waals surface area contributed by atoms with Gasteiger partial charge in [-0.2, -0.15) is 0 Å². The lowest BCUT2D eigenvalue weighted by Crippen LogP contribution is -2.21. The Bertz CT molecular complexity index is 759. The second kappa shape index (κ2) is 5.18. The molecule has 0 bridgehead atoms. The lowest BCUT2D eigenvalue weighted by atomic mass is 10.1. The second-order valence-corrected chi connectivity index (χ2v) is 5.39. The van der Waals surface area contributed by atoms with Crippen molar-refractivity contribution < 1.29 is 4.79 Å². The number of benzene rings is 1. The zero-order chi connectivity index (χ0) is 15.0. The topological polar surface area (TPSA) is 46.1 Å². The van der Waals surface area contributed by atoms with E-state index in [1.807, 2.05) is 38.1 Å². The average molecular weight is 297 g/mol. The molecule has 0 atom stereocenters. The number of thiocarbonyl (C=S) groups is 1. The first-order valence-corrected chi connectivity index (χ1v) is 7.05. The molecule has 1 aliphatic rings. The van der Waals surface area contributed by atoms with Gasteiger partial charge in [0.15, 0.2) is 5.11 Å². The van der Waals surface area contributed by atoms with Crippen molar-refractivity contribution in [1.29, 1.82) is 0 Å². The molecule has 2 N–H and O–H groups in total. The highest BCUT2D eigenvalue weighted by Crippen LogP contribution is 2.23. The van der Waals surface area contributed by atoms with Crippen LogP contribution in [0.4, 0.5) is 0 Å². The first-order valence-electron chi connectivity index (χ1n) is 6.64.